The zero-order valence-electron chi connectivity index (χ0n) is 10.1. The summed E-state index contributed by atoms with van der Waals surface area (Å²) in [4.78, 5) is 43.9. The van der Waals surface area contributed by atoms with Gasteiger partial charge < -0.3 is 24.6 Å². The van der Waals surface area contributed by atoms with E-state index in [2.05, 4.69) is 9.51 Å². The van der Waals surface area contributed by atoms with E-state index in [0.717, 1.165) is 0 Å². The van der Waals surface area contributed by atoms with Gasteiger partial charge in [0, 0.05) is 12.6 Å². The Morgan fingerprint density at radius 1 is 1.45 bits per heavy atom. The van der Waals surface area contributed by atoms with Crippen molar-refractivity contribution in [2.45, 2.75) is 24.7 Å². The van der Waals surface area contributed by atoms with Crippen LogP contribution in [0.4, 0.5) is 0 Å². The molecule has 0 saturated carbocycles. The number of aromatic amines is 2. The smallest absolute Gasteiger partial charge is 0.390 e. The topological polar surface area (TPSA) is 162 Å². The molecule has 1 fully saturated rings. The summed E-state index contributed by atoms with van der Waals surface area (Å²) >= 11 is 0. The summed E-state index contributed by atoms with van der Waals surface area (Å²) in [7, 11) is -4.66. The number of hydrogen-bond donors (Lipinski definition) is 5. The molecule has 1 aliphatic heterocycles. The molecule has 3 atom stereocenters. The molecule has 112 valence electrons. The lowest BCUT2D eigenvalue weighted by Gasteiger charge is -2.15. The molecule has 0 bridgehead atoms. The predicted molar refractivity (Wildman–Crippen MR) is 63.9 cm³/mol. The van der Waals surface area contributed by atoms with Gasteiger partial charge in [0.1, 0.15) is 6.10 Å². The van der Waals surface area contributed by atoms with Gasteiger partial charge in [-0.3, -0.25) is 14.3 Å². The normalized spacial score (nSPS) is 26.9. The van der Waals surface area contributed by atoms with Gasteiger partial charge in [0.2, 0.25) is 0 Å². The van der Waals surface area contributed by atoms with E-state index in [1.54, 1.807) is 0 Å². The number of ether oxygens (including phenoxy) is 1. The van der Waals surface area contributed by atoms with E-state index in [1.807, 2.05) is 4.98 Å². The van der Waals surface area contributed by atoms with E-state index in [1.165, 1.54) is 6.20 Å². The first-order valence-electron chi connectivity index (χ1n) is 5.62. The van der Waals surface area contributed by atoms with Crippen LogP contribution in [0.25, 0.3) is 0 Å². The highest BCUT2D eigenvalue weighted by Crippen LogP contribution is 2.38. The van der Waals surface area contributed by atoms with Crippen LogP contribution in [0.3, 0.4) is 0 Å². The molecular weight excluding hydrogens is 295 g/mol. The van der Waals surface area contributed by atoms with Crippen LogP contribution in [0, 0.1) is 0 Å². The first kappa shape index (κ1) is 15.1. The van der Waals surface area contributed by atoms with Crippen LogP contribution in [0.2, 0.25) is 0 Å². The summed E-state index contributed by atoms with van der Waals surface area (Å²) in [6.45, 7) is -0.511. The minimum Gasteiger partial charge on any atom is -0.390 e. The monoisotopic (exact) mass is 308 g/mol. The van der Waals surface area contributed by atoms with Crippen molar-refractivity contribution in [1.29, 1.82) is 0 Å². The minimum atomic E-state index is -4.66. The Kier molecular flexibility index (Phi) is 4.23. The third-order valence-electron chi connectivity index (χ3n) is 2.83. The molecule has 0 unspecified atom stereocenters. The number of phosphoric acid groups is 1. The highest BCUT2D eigenvalue weighted by molar-refractivity contribution is 7.46. The molecule has 0 aliphatic carbocycles. The summed E-state index contributed by atoms with van der Waals surface area (Å²) in [6.07, 6.45) is -1.59. The molecule has 0 aromatic carbocycles. The van der Waals surface area contributed by atoms with Crippen LogP contribution >= 0.6 is 7.82 Å². The van der Waals surface area contributed by atoms with Crippen molar-refractivity contribution in [3.05, 3.63) is 32.6 Å². The number of aromatic nitrogens is 2. The second-order valence-corrected chi connectivity index (χ2v) is 5.52. The van der Waals surface area contributed by atoms with Gasteiger partial charge >= 0.3 is 13.5 Å². The maximum Gasteiger partial charge on any atom is 0.469 e. The molecule has 1 aliphatic rings. The third-order valence-corrected chi connectivity index (χ3v) is 3.31. The lowest BCUT2D eigenvalue weighted by atomic mass is 10.1. The van der Waals surface area contributed by atoms with Crippen molar-refractivity contribution in [3.63, 3.8) is 0 Å². The van der Waals surface area contributed by atoms with E-state index in [4.69, 9.17) is 14.5 Å². The van der Waals surface area contributed by atoms with E-state index < -0.39 is 44.0 Å². The SMILES string of the molecule is O=c1[nH]cc([C@H]2C[C@H](O)[C@@H](COP(=O)(O)O)O2)c(=O)[nH]1. The second-order valence-electron chi connectivity index (χ2n) is 4.28. The number of hydrogen-bond acceptors (Lipinski definition) is 6. The summed E-state index contributed by atoms with van der Waals surface area (Å²) in [5.41, 5.74) is -1.21. The predicted octanol–water partition coefficient (Wildman–Crippen LogP) is -1.64. The number of H-pyrrole nitrogens is 2. The van der Waals surface area contributed by atoms with Gasteiger partial charge in [-0.05, 0) is 0 Å². The Hall–Kier alpha value is -1.29. The van der Waals surface area contributed by atoms with Gasteiger partial charge in [0.15, 0.2) is 0 Å². The number of rotatable bonds is 4. The fraction of sp³-hybridized carbons (Fsp3) is 0.556. The van der Waals surface area contributed by atoms with Gasteiger partial charge in [-0.15, -0.1) is 0 Å². The van der Waals surface area contributed by atoms with Gasteiger partial charge in [0.25, 0.3) is 5.56 Å². The summed E-state index contributed by atoms with van der Waals surface area (Å²) in [5, 5.41) is 9.72. The Morgan fingerprint density at radius 3 is 2.75 bits per heavy atom. The van der Waals surface area contributed by atoms with Crippen molar-refractivity contribution >= 4 is 7.82 Å². The standard InChI is InChI=1S/C9H13N2O8P/c12-5-1-6(4-2-10-9(14)11-8(4)13)19-7(5)3-18-20(15,16)17/h2,5-7,12H,1,3H2,(H2,15,16,17)(H2,10,11,13,14)/t5-,6+,7+/m0/s1. The van der Waals surface area contributed by atoms with Crippen LogP contribution < -0.4 is 11.2 Å². The molecule has 5 N–H and O–H groups in total. The molecule has 1 aromatic rings. The van der Waals surface area contributed by atoms with Gasteiger partial charge in [-0.1, -0.05) is 0 Å². The number of nitrogens with one attached hydrogen (secondary N) is 2. The van der Waals surface area contributed by atoms with E-state index in [9.17, 15) is 19.3 Å². The average molecular weight is 308 g/mol. The van der Waals surface area contributed by atoms with E-state index >= 15 is 0 Å². The maximum absolute atomic E-state index is 11.6. The Labute approximate surface area is 111 Å². The molecular formula is C9H13N2O8P. The molecule has 0 radical (unpaired) electrons. The molecule has 0 amide bonds. The van der Waals surface area contributed by atoms with Gasteiger partial charge in [-0.25, -0.2) is 9.36 Å². The van der Waals surface area contributed by atoms with Crippen LogP contribution in [0.1, 0.15) is 18.1 Å². The largest absolute Gasteiger partial charge is 0.469 e. The van der Waals surface area contributed by atoms with Crippen molar-refractivity contribution in [1.82, 2.24) is 9.97 Å². The lowest BCUT2D eigenvalue weighted by molar-refractivity contribution is -0.0225. The van der Waals surface area contributed by atoms with E-state index in [-0.39, 0.29) is 12.0 Å². The van der Waals surface area contributed by atoms with Gasteiger partial charge in [-0.2, -0.15) is 0 Å². The zero-order chi connectivity index (χ0) is 14.9. The lowest BCUT2D eigenvalue weighted by Crippen LogP contribution is -2.27. The highest BCUT2D eigenvalue weighted by atomic mass is 31.2. The molecule has 1 aromatic heterocycles. The highest BCUT2D eigenvalue weighted by Gasteiger charge is 2.37. The van der Waals surface area contributed by atoms with Crippen molar-refractivity contribution in [2.24, 2.45) is 0 Å². The first-order chi connectivity index (χ1) is 9.26. The Bertz CT molecular complexity index is 633. The summed E-state index contributed by atoms with van der Waals surface area (Å²) < 4.78 is 20.1. The fourth-order valence-corrected chi connectivity index (χ4v) is 2.25. The molecule has 11 heteroatoms. The van der Waals surface area contributed by atoms with Crippen LogP contribution in [-0.2, 0) is 13.8 Å². The number of aliphatic hydroxyl groups is 1. The van der Waals surface area contributed by atoms with Crippen LogP contribution in [-0.4, -0.2) is 43.7 Å². The molecule has 0 spiro atoms. The quantitative estimate of drug-likeness (QED) is 0.414. The zero-order valence-corrected chi connectivity index (χ0v) is 10.9. The third kappa shape index (κ3) is 3.63. The molecule has 2 heterocycles. The van der Waals surface area contributed by atoms with Crippen LogP contribution in [0.15, 0.2) is 15.8 Å². The van der Waals surface area contributed by atoms with Crippen molar-refractivity contribution in [2.75, 3.05) is 6.61 Å². The second kappa shape index (κ2) is 5.60. The van der Waals surface area contributed by atoms with Gasteiger partial charge in [0.05, 0.1) is 24.4 Å². The van der Waals surface area contributed by atoms with E-state index in [0.29, 0.717) is 0 Å². The first-order valence-corrected chi connectivity index (χ1v) is 7.15. The molecule has 20 heavy (non-hydrogen) atoms. The average Bonchev–Trinajstić information content (AvgIpc) is 2.67. The molecule has 1 saturated heterocycles. The summed E-state index contributed by atoms with van der Waals surface area (Å²) in [5.74, 6) is 0. The van der Waals surface area contributed by atoms with Crippen LogP contribution in [0.5, 0.6) is 0 Å². The Morgan fingerprint density at radius 2 is 2.15 bits per heavy atom. The Balaban J connectivity index is 2.08. The number of aliphatic hydroxyl groups excluding tert-OH is 1. The minimum absolute atomic E-state index is 0.0459. The maximum atomic E-state index is 11.6. The van der Waals surface area contributed by atoms with Crippen molar-refractivity contribution in [3.8, 4) is 0 Å². The molecule has 2 rings (SSSR count). The summed E-state index contributed by atoms with van der Waals surface area (Å²) in [6, 6.07) is 0. The fourth-order valence-electron chi connectivity index (χ4n) is 1.91. The van der Waals surface area contributed by atoms with Crippen molar-refractivity contribution < 1.29 is 28.7 Å². The number of phosphoric ester groups is 1. The molecule has 10 nitrogen and oxygen atoms in total.